The molecule has 1 N–H and O–H groups in total. The number of Topliss-reactive ketones (excluding diaryl/α,β-unsaturated/α-hetero) is 1. The van der Waals surface area contributed by atoms with Gasteiger partial charge in [0.25, 0.3) is 0 Å². The lowest BCUT2D eigenvalue weighted by Crippen LogP contribution is -2.28. The first kappa shape index (κ1) is 17.8. The SMILES string of the molecule is CC(=O)c1cccc(NC(=O)C2CC(=O)N(Cc3ccc(F)cc3)C2)c1. The predicted molar refractivity (Wildman–Crippen MR) is 95.0 cm³/mol. The average molecular weight is 354 g/mol. The smallest absolute Gasteiger partial charge is 0.229 e. The zero-order chi connectivity index (χ0) is 18.7. The van der Waals surface area contributed by atoms with Gasteiger partial charge in [-0.05, 0) is 36.8 Å². The highest BCUT2D eigenvalue weighted by Gasteiger charge is 2.34. The van der Waals surface area contributed by atoms with Crippen LogP contribution < -0.4 is 5.32 Å². The second-order valence-corrected chi connectivity index (χ2v) is 6.43. The van der Waals surface area contributed by atoms with Crippen LogP contribution in [0.4, 0.5) is 10.1 Å². The number of carbonyl (C=O) groups is 3. The summed E-state index contributed by atoms with van der Waals surface area (Å²) in [6, 6.07) is 12.7. The normalized spacial score (nSPS) is 16.6. The Balaban J connectivity index is 1.62. The van der Waals surface area contributed by atoms with Crippen LogP contribution in [0.3, 0.4) is 0 Å². The molecule has 0 aromatic heterocycles. The molecule has 0 spiro atoms. The first-order valence-electron chi connectivity index (χ1n) is 8.36. The van der Waals surface area contributed by atoms with Crippen LogP contribution in [0.15, 0.2) is 48.5 Å². The molecule has 1 aliphatic rings. The van der Waals surface area contributed by atoms with Crippen LogP contribution in [-0.2, 0) is 16.1 Å². The molecule has 5 nitrogen and oxygen atoms in total. The van der Waals surface area contributed by atoms with Crippen molar-refractivity contribution in [3.63, 3.8) is 0 Å². The number of anilines is 1. The molecule has 1 aliphatic heterocycles. The molecular formula is C20H19FN2O3. The highest BCUT2D eigenvalue weighted by Crippen LogP contribution is 2.22. The van der Waals surface area contributed by atoms with Crippen LogP contribution in [-0.4, -0.2) is 29.0 Å². The number of hydrogen-bond acceptors (Lipinski definition) is 3. The summed E-state index contributed by atoms with van der Waals surface area (Å²) in [6.45, 7) is 2.13. The molecule has 0 aliphatic carbocycles. The minimum Gasteiger partial charge on any atom is -0.338 e. The molecule has 134 valence electrons. The largest absolute Gasteiger partial charge is 0.338 e. The first-order valence-corrected chi connectivity index (χ1v) is 8.36. The van der Waals surface area contributed by atoms with E-state index in [0.717, 1.165) is 5.56 Å². The lowest BCUT2D eigenvalue weighted by Gasteiger charge is -2.16. The zero-order valence-electron chi connectivity index (χ0n) is 14.4. The Morgan fingerprint density at radius 1 is 1.19 bits per heavy atom. The highest BCUT2D eigenvalue weighted by molar-refractivity contribution is 5.99. The number of benzene rings is 2. The van der Waals surface area contributed by atoms with Crippen molar-refractivity contribution in [1.29, 1.82) is 0 Å². The summed E-state index contributed by atoms with van der Waals surface area (Å²) in [7, 11) is 0. The van der Waals surface area contributed by atoms with Gasteiger partial charge in [0.1, 0.15) is 5.82 Å². The minimum absolute atomic E-state index is 0.0809. The van der Waals surface area contributed by atoms with Crippen molar-refractivity contribution in [2.24, 2.45) is 5.92 Å². The van der Waals surface area contributed by atoms with E-state index in [1.54, 1.807) is 41.3 Å². The van der Waals surface area contributed by atoms with E-state index in [2.05, 4.69) is 5.32 Å². The topological polar surface area (TPSA) is 66.5 Å². The number of amides is 2. The van der Waals surface area contributed by atoms with Crippen LogP contribution in [0.5, 0.6) is 0 Å². The van der Waals surface area contributed by atoms with E-state index in [4.69, 9.17) is 0 Å². The number of halogens is 1. The summed E-state index contributed by atoms with van der Waals surface area (Å²) < 4.78 is 13.0. The molecule has 26 heavy (non-hydrogen) atoms. The quantitative estimate of drug-likeness (QED) is 0.840. The van der Waals surface area contributed by atoms with Gasteiger partial charge in [0, 0.05) is 30.8 Å². The predicted octanol–water partition coefficient (Wildman–Crippen LogP) is 3.02. The van der Waals surface area contributed by atoms with E-state index >= 15 is 0 Å². The molecule has 3 rings (SSSR count). The van der Waals surface area contributed by atoms with E-state index in [1.165, 1.54) is 19.1 Å². The molecule has 1 saturated heterocycles. The Hall–Kier alpha value is -3.02. The lowest BCUT2D eigenvalue weighted by molar-refractivity contribution is -0.128. The fourth-order valence-electron chi connectivity index (χ4n) is 2.97. The number of rotatable bonds is 5. The fourth-order valence-corrected chi connectivity index (χ4v) is 2.97. The van der Waals surface area contributed by atoms with Gasteiger partial charge in [0.05, 0.1) is 5.92 Å². The van der Waals surface area contributed by atoms with Gasteiger partial charge in [-0.15, -0.1) is 0 Å². The maximum Gasteiger partial charge on any atom is 0.229 e. The van der Waals surface area contributed by atoms with E-state index in [-0.39, 0.29) is 29.8 Å². The van der Waals surface area contributed by atoms with E-state index < -0.39 is 5.92 Å². The molecule has 1 unspecified atom stereocenters. The molecule has 0 radical (unpaired) electrons. The van der Waals surface area contributed by atoms with Crippen molar-refractivity contribution in [3.8, 4) is 0 Å². The van der Waals surface area contributed by atoms with Gasteiger partial charge in [0.2, 0.25) is 11.8 Å². The lowest BCUT2D eigenvalue weighted by atomic mass is 10.1. The van der Waals surface area contributed by atoms with Crippen molar-refractivity contribution in [2.45, 2.75) is 19.9 Å². The summed E-state index contributed by atoms with van der Waals surface area (Å²) in [5.74, 6) is -1.22. The monoisotopic (exact) mass is 354 g/mol. The van der Waals surface area contributed by atoms with Crippen LogP contribution in [0, 0.1) is 11.7 Å². The van der Waals surface area contributed by atoms with Crippen LogP contribution >= 0.6 is 0 Å². The molecule has 2 aromatic carbocycles. The Morgan fingerprint density at radius 2 is 1.92 bits per heavy atom. The number of nitrogens with one attached hydrogen (secondary N) is 1. The number of hydrogen-bond donors (Lipinski definition) is 1. The van der Waals surface area contributed by atoms with Gasteiger partial charge < -0.3 is 10.2 Å². The Kier molecular flexibility index (Phi) is 5.11. The van der Waals surface area contributed by atoms with Crippen LogP contribution in [0.1, 0.15) is 29.3 Å². The zero-order valence-corrected chi connectivity index (χ0v) is 14.4. The van der Waals surface area contributed by atoms with Crippen molar-refractivity contribution in [2.75, 3.05) is 11.9 Å². The summed E-state index contributed by atoms with van der Waals surface area (Å²) in [5.41, 5.74) is 1.87. The molecule has 1 fully saturated rings. The molecule has 1 heterocycles. The standard InChI is InChI=1S/C20H19FN2O3/c1-13(24)15-3-2-4-18(9-15)22-20(26)16-10-19(25)23(12-16)11-14-5-7-17(21)8-6-14/h2-9,16H,10-12H2,1H3,(H,22,26). The first-order chi connectivity index (χ1) is 12.4. The number of nitrogens with zero attached hydrogens (tertiary/aromatic N) is 1. The maximum atomic E-state index is 13.0. The summed E-state index contributed by atoms with van der Waals surface area (Å²) in [4.78, 5) is 37.7. The average Bonchev–Trinajstić information content (AvgIpc) is 2.98. The third-order valence-corrected chi connectivity index (χ3v) is 4.41. The van der Waals surface area contributed by atoms with Crippen molar-refractivity contribution in [3.05, 3.63) is 65.5 Å². The third kappa shape index (κ3) is 4.14. The summed E-state index contributed by atoms with van der Waals surface area (Å²) in [5, 5.41) is 2.77. The molecular weight excluding hydrogens is 335 g/mol. The van der Waals surface area contributed by atoms with Gasteiger partial charge >= 0.3 is 0 Å². The molecule has 0 saturated carbocycles. The molecule has 1 atom stereocenters. The highest BCUT2D eigenvalue weighted by atomic mass is 19.1. The summed E-state index contributed by atoms with van der Waals surface area (Å²) >= 11 is 0. The van der Waals surface area contributed by atoms with Crippen molar-refractivity contribution >= 4 is 23.3 Å². The Bertz CT molecular complexity index is 848. The van der Waals surface area contributed by atoms with Gasteiger partial charge in [-0.2, -0.15) is 0 Å². The van der Waals surface area contributed by atoms with E-state index in [1.807, 2.05) is 0 Å². The third-order valence-electron chi connectivity index (χ3n) is 4.41. The van der Waals surface area contributed by atoms with Crippen LogP contribution in [0.25, 0.3) is 0 Å². The second-order valence-electron chi connectivity index (χ2n) is 6.43. The van der Waals surface area contributed by atoms with E-state index in [0.29, 0.717) is 24.3 Å². The van der Waals surface area contributed by atoms with Gasteiger partial charge in [-0.3, -0.25) is 14.4 Å². The number of ketones is 1. The van der Waals surface area contributed by atoms with Crippen molar-refractivity contribution in [1.82, 2.24) is 4.90 Å². The maximum absolute atomic E-state index is 13.0. The van der Waals surface area contributed by atoms with Gasteiger partial charge in [0.15, 0.2) is 5.78 Å². The fraction of sp³-hybridized carbons (Fsp3) is 0.250. The minimum atomic E-state index is -0.455. The van der Waals surface area contributed by atoms with Crippen LogP contribution in [0.2, 0.25) is 0 Å². The second kappa shape index (κ2) is 7.47. The molecule has 2 aromatic rings. The van der Waals surface area contributed by atoms with Gasteiger partial charge in [-0.25, -0.2) is 4.39 Å². The Morgan fingerprint density at radius 3 is 2.62 bits per heavy atom. The van der Waals surface area contributed by atoms with Crippen molar-refractivity contribution < 1.29 is 18.8 Å². The summed E-state index contributed by atoms with van der Waals surface area (Å²) in [6.07, 6.45) is 0.138. The van der Waals surface area contributed by atoms with Gasteiger partial charge in [-0.1, -0.05) is 24.3 Å². The molecule has 0 bridgehead atoms. The Labute approximate surface area is 150 Å². The van der Waals surface area contributed by atoms with E-state index in [9.17, 15) is 18.8 Å². The number of carbonyl (C=O) groups excluding carboxylic acids is 3. The number of likely N-dealkylation sites (tertiary alicyclic amines) is 1. The molecule has 2 amide bonds. The molecule has 6 heteroatoms.